The molecule has 3 aromatic carbocycles. The predicted molar refractivity (Wildman–Crippen MR) is 138 cm³/mol. The molecule has 5 heteroatoms. The van der Waals surface area contributed by atoms with Crippen molar-refractivity contribution in [3.8, 4) is 0 Å². The number of nitrogens with one attached hydrogen (secondary N) is 1. The molecule has 176 valence electrons. The first-order valence-electron chi connectivity index (χ1n) is 12.0. The van der Waals surface area contributed by atoms with Crippen LogP contribution >= 0.6 is 11.8 Å². The van der Waals surface area contributed by atoms with Gasteiger partial charge in [0.15, 0.2) is 0 Å². The van der Waals surface area contributed by atoms with Gasteiger partial charge >= 0.3 is 0 Å². The second kappa shape index (κ2) is 12.4. The van der Waals surface area contributed by atoms with Crippen LogP contribution in [-0.2, 0) is 22.6 Å². The van der Waals surface area contributed by atoms with Crippen LogP contribution in [0.3, 0.4) is 0 Å². The number of rotatable bonds is 10. The number of hydrogen-bond donors (Lipinski definition) is 1. The smallest absolute Gasteiger partial charge is 0.243 e. The molecule has 0 unspecified atom stereocenters. The molecule has 3 aromatic rings. The van der Waals surface area contributed by atoms with Gasteiger partial charge in [-0.1, -0.05) is 91.7 Å². The lowest BCUT2D eigenvalue weighted by atomic mass is 10.0. The van der Waals surface area contributed by atoms with E-state index in [1.807, 2.05) is 91.0 Å². The van der Waals surface area contributed by atoms with Gasteiger partial charge in [-0.2, -0.15) is 0 Å². The summed E-state index contributed by atoms with van der Waals surface area (Å²) in [6.45, 7) is 0.407. The van der Waals surface area contributed by atoms with Gasteiger partial charge < -0.3 is 10.2 Å². The van der Waals surface area contributed by atoms with E-state index in [0.717, 1.165) is 41.7 Å². The molecule has 4 rings (SSSR count). The average Bonchev–Trinajstić information content (AvgIpc) is 3.39. The van der Waals surface area contributed by atoms with Gasteiger partial charge in [0.2, 0.25) is 11.8 Å². The van der Waals surface area contributed by atoms with E-state index in [0.29, 0.717) is 18.7 Å². The molecule has 34 heavy (non-hydrogen) atoms. The van der Waals surface area contributed by atoms with Gasteiger partial charge in [0.1, 0.15) is 6.04 Å². The Kier molecular flexibility index (Phi) is 8.80. The van der Waals surface area contributed by atoms with E-state index in [4.69, 9.17) is 0 Å². The van der Waals surface area contributed by atoms with E-state index < -0.39 is 6.04 Å². The van der Waals surface area contributed by atoms with Gasteiger partial charge in [-0.25, -0.2) is 0 Å². The maximum absolute atomic E-state index is 13.6. The molecule has 0 aliphatic heterocycles. The highest BCUT2D eigenvalue weighted by atomic mass is 32.2. The van der Waals surface area contributed by atoms with Crippen LogP contribution in [0.25, 0.3) is 0 Å². The minimum atomic E-state index is -0.563. The second-order valence-electron chi connectivity index (χ2n) is 8.80. The first kappa shape index (κ1) is 24.1. The van der Waals surface area contributed by atoms with E-state index in [1.54, 1.807) is 4.90 Å². The van der Waals surface area contributed by atoms with Crippen LogP contribution in [-0.4, -0.2) is 34.6 Å². The molecular weight excluding hydrogens is 440 g/mol. The van der Waals surface area contributed by atoms with Gasteiger partial charge in [-0.05, 0) is 36.1 Å². The van der Waals surface area contributed by atoms with Crippen molar-refractivity contribution >= 4 is 23.6 Å². The van der Waals surface area contributed by atoms with Crippen molar-refractivity contribution in [1.82, 2.24) is 10.2 Å². The molecule has 0 radical (unpaired) electrons. The van der Waals surface area contributed by atoms with Gasteiger partial charge in [0, 0.05) is 23.9 Å². The lowest BCUT2D eigenvalue weighted by Crippen LogP contribution is -2.52. The Hall–Kier alpha value is -3.05. The Bertz CT molecular complexity index is 1040. The molecule has 0 heterocycles. The van der Waals surface area contributed by atoms with Gasteiger partial charge in [0.05, 0.1) is 5.75 Å². The highest BCUT2D eigenvalue weighted by Gasteiger charge is 2.32. The molecule has 1 fully saturated rings. The molecule has 0 spiro atoms. The number of benzene rings is 3. The molecular formula is C29H32N2O2S. The number of hydrogen-bond acceptors (Lipinski definition) is 3. The third kappa shape index (κ3) is 6.97. The van der Waals surface area contributed by atoms with E-state index in [2.05, 4.69) is 5.32 Å². The van der Waals surface area contributed by atoms with Crippen molar-refractivity contribution in [1.29, 1.82) is 0 Å². The lowest BCUT2D eigenvalue weighted by Gasteiger charge is -2.32. The predicted octanol–water partition coefficient (Wildman–Crippen LogP) is 5.48. The number of amides is 2. The average molecular weight is 473 g/mol. The highest BCUT2D eigenvalue weighted by molar-refractivity contribution is 8.00. The van der Waals surface area contributed by atoms with Crippen molar-refractivity contribution in [2.75, 3.05) is 5.75 Å². The van der Waals surface area contributed by atoms with Gasteiger partial charge in [-0.3, -0.25) is 9.59 Å². The van der Waals surface area contributed by atoms with Crippen LogP contribution in [0.2, 0.25) is 0 Å². The fraction of sp³-hybridized carbons (Fsp3) is 0.310. The van der Waals surface area contributed by atoms with E-state index in [1.165, 1.54) is 11.8 Å². The maximum Gasteiger partial charge on any atom is 0.243 e. The van der Waals surface area contributed by atoms with Gasteiger partial charge in [-0.15, -0.1) is 11.8 Å². The van der Waals surface area contributed by atoms with Crippen molar-refractivity contribution in [3.05, 3.63) is 102 Å². The summed E-state index contributed by atoms with van der Waals surface area (Å²) in [5.41, 5.74) is 2.07. The molecule has 1 aliphatic rings. The Morgan fingerprint density at radius 2 is 1.38 bits per heavy atom. The third-order valence-corrected chi connectivity index (χ3v) is 7.27. The minimum absolute atomic E-state index is 0.0276. The van der Waals surface area contributed by atoms with E-state index in [9.17, 15) is 9.59 Å². The first-order valence-corrected chi connectivity index (χ1v) is 13.0. The minimum Gasteiger partial charge on any atom is -0.352 e. The van der Waals surface area contributed by atoms with E-state index >= 15 is 0 Å². The summed E-state index contributed by atoms with van der Waals surface area (Å²) in [6.07, 6.45) is 4.82. The monoisotopic (exact) mass is 472 g/mol. The SMILES string of the molecule is O=C(NC1CCCC1)[C@H](Cc1ccccc1)N(Cc1ccccc1)C(=O)CSc1ccccc1. The van der Waals surface area contributed by atoms with Crippen LogP contribution in [0, 0.1) is 0 Å². The molecule has 4 nitrogen and oxygen atoms in total. The summed E-state index contributed by atoms with van der Waals surface area (Å²) in [4.78, 5) is 30.0. The molecule has 0 aromatic heterocycles. The first-order chi connectivity index (χ1) is 16.7. The second-order valence-corrected chi connectivity index (χ2v) is 9.85. The number of thioether (sulfide) groups is 1. The Balaban J connectivity index is 1.59. The molecule has 2 amide bonds. The Labute approximate surface area is 206 Å². The fourth-order valence-corrected chi connectivity index (χ4v) is 5.25. The van der Waals surface area contributed by atoms with Crippen LogP contribution in [0.4, 0.5) is 0 Å². The molecule has 1 N–H and O–H groups in total. The summed E-state index contributed by atoms with van der Waals surface area (Å²) in [6, 6.07) is 29.5. The van der Waals surface area contributed by atoms with Crippen LogP contribution in [0.5, 0.6) is 0 Å². The molecule has 1 atom stereocenters. The van der Waals surface area contributed by atoms with Crippen molar-refractivity contribution in [2.24, 2.45) is 0 Å². The molecule has 1 saturated carbocycles. The number of carbonyl (C=O) groups excluding carboxylic acids is 2. The Morgan fingerprint density at radius 1 is 0.824 bits per heavy atom. The standard InChI is InChI=1S/C29H32N2O2S/c32-28(22-34-26-18-8-3-9-19-26)31(21-24-14-6-2-7-15-24)27(20-23-12-4-1-5-13-23)29(33)30-25-16-10-11-17-25/h1-9,12-15,18-19,25,27H,10-11,16-17,20-22H2,(H,30,33)/t27-/m0/s1. The maximum atomic E-state index is 13.6. The normalized spacial score (nSPS) is 14.5. The van der Waals surface area contributed by atoms with Crippen molar-refractivity contribution in [3.63, 3.8) is 0 Å². The summed E-state index contributed by atoms with van der Waals surface area (Å²) in [5.74, 6) is 0.212. The van der Waals surface area contributed by atoms with Crippen LogP contribution in [0.15, 0.2) is 95.9 Å². The number of carbonyl (C=O) groups is 2. The topological polar surface area (TPSA) is 49.4 Å². The molecule has 0 saturated heterocycles. The largest absolute Gasteiger partial charge is 0.352 e. The van der Waals surface area contributed by atoms with Crippen LogP contribution < -0.4 is 5.32 Å². The van der Waals surface area contributed by atoms with Gasteiger partial charge in [0.25, 0.3) is 0 Å². The fourth-order valence-electron chi connectivity index (χ4n) is 4.45. The molecule has 0 bridgehead atoms. The summed E-state index contributed by atoms with van der Waals surface area (Å²) in [5, 5.41) is 3.25. The quantitative estimate of drug-likeness (QED) is 0.398. The zero-order chi connectivity index (χ0) is 23.6. The zero-order valence-electron chi connectivity index (χ0n) is 19.4. The van der Waals surface area contributed by atoms with Crippen molar-refractivity contribution in [2.45, 2.75) is 55.6 Å². The molecule has 1 aliphatic carbocycles. The highest BCUT2D eigenvalue weighted by Crippen LogP contribution is 2.22. The zero-order valence-corrected chi connectivity index (χ0v) is 20.3. The summed E-state index contributed by atoms with van der Waals surface area (Å²) >= 11 is 1.51. The van der Waals surface area contributed by atoms with Crippen molar-refractivity contribution < 1.29 is 9.59 Å². The Morgan fingerprint density at radius 3 is 2.00 bits per heavy atom. The third-order valence-electron chi connectivity index (χ3n) is 6.27. The van der Waals surface area contributed by atoms with E-state index in [-0.39, 0.29) is 17.9 Å². The van der Waals surface area contributed by atoms with Crippen LogP contribution in [0.1, 0.15) is 36.8 Å². The summed E-state index contributed by atoms with van der Waals surface area (Å²) in [7, 11) is 0. The summed E-state index contributed by atoms with van der Waals surface area (Å²) < 4.78 is 0. The number of nitrogens with zero attached hydrogens (tertiary/aromatic N) is 1. The lowest BCUT2D eigenvalue weighted by molar-refractivity contribution is -0.139.